The molecule has 2 heterocycles. The van der Waals surface area contributed by atoms with Gasteiger partial charge in [0.05, 0.1) is 0 Å². The summed E-state index contributed by atoms with van der Waals surface area (Å²) in [5.41, 5.74) is 0. The summed E-state index contributed by atoms with van der Waals surface area (Å²) in [7, 11) is 0. The second-order valence-electron chi connectivity index (χ2n) is 3.40. The fraction of sp³-hybridized carbons (Fsp3) is 0.875. The molecule has 0 aromatic rings. The minimum Gasteiger partial charge on any atom is -0.443 e. The Labute approximate surface area is 89.6 Å². The number of ether oxygens (including phenoxy) is 1. The molecule has 1 amide bonds. The van der Waals surface area contributed by atoms with Crippen LogP contribution in [0, 0.1) is 0 Å². The molecule has 2 fully saturated rings. The number of hydrogen-bond donors (Lipinski definition) is 2. The summed E-state index contributed by atoms with van der Waals surface area (Å²) in [6.07, 6.45) is -0.0598. The Balaban J connectivity index is 0.000000980. The van der Waals surface area contributed by atoms with Gasteiger partial charge in [0.15, 0.2) is 0 Å². The maximum atomic E-state index is 11.4. The Morgan fingerprint density at radius 1 is 1.21 bits per heavy atom. The molecule has 2 N–H and O–H groups in total. The van der Waals surface area contributed by atoms with E-state index in [9.17, 15) is 4.79 Å². The van der Waals surface area contributed by atoms with E-state index in [0.29, 0.717) is 0 Å². The van der Waals surface area contributed by atoms with Gasteiger partial charge in [-0.25, -0.2) is 4.79 Å². The lowest BCUT2D eigenvalue weighted by molar-refractivity contribution is 0.0367. The Morgan fingerprint density at radius 3 is 2.36 bits per heavy atom. The fourth-order valence-corrected chi connectivity index (χ4v) is 1.41. The first-order valence-electron chi connectivity index (χ1n) is 4.73. The third-order valence-electron chi connectivity index (χ3n) is 2.39. The smallest absolute Gasteiger partial charge is 0.410 e. The van der Waals surface area contributed by atoms with E-state index in [1.165, 1.54) is 0 Å². The van der Waals surface area contributed by atoms with Gasteiger partial charge in [-0.1, -0.05) is 0 Å². The number of nitrogens with zero attached hydrogens (tertiary/aromatic N) is 1. The predicted molar refractivity (Wildman–Crippen MR) is 54.8 cm³/mol. The zero-order valence-corrected chi connectivity index (χ0v) is 8.81. The van der Waals surface area contributed by atoms with Gasteiger partial charge in [-0.15, -0.1) is 12.4 Å². The van der Waals surface area contributed by atoms with Gasteiger partial charge < -0.3 is 20.3 Å². The Hall–Kier alpha value is -0.520. The molecule has 0 aliphatic carbocycles. The molecule has 2 aliphatic heterocycles. The lowest BCUT2D eigenvalue weighted by Gasteiger charge is -2.32. The Morgan fingerprint density at radius 2 is 1.86 bits per heavy atom. The summed E-state index contributed by atoms with van der Waals surface area (Å²) in [4.78, 5) is 13.2. The highest BCUT2D eigenvalue weighted by atomic mass is 35.5. The van der Waals surface area contributed by atoms with Crippen molar-refractivity contribution >= 4 is 18.5 Å². The maximum absolute atomic E-state index is 11.4. The Kier molecular flexibility index (Phi) is 4.44. The lowest BCUT2D eigenvalue weighted by atomic mass is 10.2. The summed E-state index contributed by atoms with van der Waals surface area (Å²) in [6, 6.07) is 0. The molecule has 0 saturated carbocycles. The van der Waals surface area contributed by atoms with Gasteiger partial charge >= 0.3 is 6.09 Å². The summed E-state index contributed by atoms with van der Waals surface area (Å²) in [5.74, 6) is 0. The van der Waals surface area contributed by atoms with Gasteiger partial charge in [0, 0.05) is 39.3 Å². The number of rotatable bonds is 1. The molecule has 0 atom stereocenters. The number of carbonyl (C=O) groups excluding carboxylic acids is 1. The van der Waals surface area contributed by atoms with Crippen LogP contribution < -0.4 is 10.6 Å². The van der Waals surface area contributed by atoms with Crippen molar-refractivity contribution in [3.8, 4) is 0 Å². The standard InChI is InChI=1S/C8H15N3O2.ClH/c12-8(13-7-5-10-6-7)11-3-1-9-2-4-11;/h7,9-10H,1-6H2;1H. The van der Waals surface area contributed by atoms with E-state index >= 15 is 0 Å². The monoisotopic (exact) mass is 221 g/mol. The van der Waals surface area contributed by atoms with Crippen molar-refractivity contribution in [1.82, 2.24) is 15.5 Å². The summed E-state index contributed by atoms with van der Waals surface area (Å²) in [5, 5.41) is 6.25. The van der Waals surface area contributed by atoms with E-state index in [0.717, 1.165) is 39.3 Å². The van der Waals surface area contributed by atoms with Crippen LogP contribution in [0.4, 0.5) is 4.79 Å². The Bertz CT molecular complexity index is 193. The molecular weight excluding hydrogens is 206 g/mol. The molecule has 0 radical (unpaired) electrons. The quantitative estimate of drug-likeness (QED) is 0.622. The van der Waals surface area contributed by atoms with E-state index in [1.54, 1.807) is 4.90 Å². The number of hydrogen-bond acceptors (Lipinski definition) is 4. The van der Waals surface area contributed by atoms with Crippen molar-refractivity contribution in [3.63, 3.8) is 0 Å². The third kappa shape index (κ3) is 2.73. The zero-order chi connectivity index (χ0) is 9.10. The van der Waals surface area contributed by atoms with Crippen molar-refractivity contribution in [1.29, 1.82) is 0 Å². The van der Waals surface area contributed by atoms with Crippen molar-refractivity contribution in [2.24, 2.45) is 0 Å². The number of nitrogens with one attached hydrogen (secondary N) is 2. The SMILES string of the molecule is Cl.O=C(OC1CNC1)N1CCNCC1. The van der Waals surface area contributed by atoms with Crippen LogP contribution in [0.3, 0.4) is 0 Å². The van der Waals surface area contributed by atoms with Crippen LogP contribution in [0.15, 0.2) is 0 Å². The molecule has 0 bridgehead atoms. The van der Waals surface area contributed by atoms with Gasteiger partial charge in [0.2, 0.25) is 0 Å². The van der Waals surface area contributed by atoms with Gasteiger partial charge in [-0.3, -0.25) is 0 Å². The van der Waals surface area contributed by atoms with Crippen LogP contribution in [0.25, 0.3) is 0 Å². The van der Waals surface area contributed by atoms with Crippen molar-refractivity contribution in [2.75, 3.05) is 39.3 Å². The van der Waals surface area contributed by atoms with Crippen LogP contribution in [0.5, 0.6) is 0 Å². The van der Waals surface area contributed by atoms with Crippen molar-refractivity contribution in [3.05, 3.63) is 0 Å². The minimum atomic E-state index is -0.159. The molecule has 14 heavy (non-hydrogen) atoms. The molecule has 82 valence electrons. The van der Waals surface area contributed by atoms with Gasteiger partial charge in [-0.05, 0) is 0 Å². The highest BCUT2D eigenvalue weighted by Gasteiger charge is 2.25. The number of halogens is 1. The minimum absolute atomic E-state index is 0. The average Bonchev–Trinajstić information content (AvgIpc) is 2.12. The molecule has 2 saturated heterocycles. The normalized spacial score (nSPS) is 22.1. The van der Waals surface area contributed by atoms with E-state index in [2.05, 4.69) is 10.6 Å². The van der Waals surface area contributed by atoms with Crippen LogP contribution in [0.1, 0.15) is 0 Å². The van der Waals surface area contributed by atoms with Crippen LogP contribution in [0.2, 0.25) is 0 Å². The predicted octanol–water partition coefficient (Wildman–Crippen LogP) is -0.578. The fourth-order valence-electron chi connectivity index (χ4n) is 1.41. The molecule has 0 spiro atoms. The molecule has 0 aromatic heterocycles. The van der Waals surface area contributed by atoms with E-state index < -0.39 is 0 Å². The van der Waals surface area contributed by atoms with Gasteiger partial charge in [0.1, 0.15) is 6.10 Å². The second kappa shape index (κ2) is 5.38. The van der Waals surface area contributed by atoms with Crippen LogP contribution in [-0.2, 0) is 4.74 Å². The molecule has 5 nitrogen and oxygen atoms in total. The molecule has 0 aromatic carbocycles. The molecule has 2 rings (SSSR count). The molecule has 2 aliphatic rings. The van der Waals surface area contributed by atoms with Crippen molar-refractivity contribution < 1.29 is 9.53 Å². The molecule has 6 heteroatoms. The van der Waals surface area contributed by atoms with E-state index in [-0.39, 0.29) is 24.6 Å². The molecule has 0 unspecified atom stereocenters. The van der Waals surface area contributed by atoms with Crippen LogP contribution in [-0.4, -0.2) is 56.4 Å². The van der Waals surface area contributed by atoms with Gasteiger partial charge in [-0.2, -0.15) is 0 Å². The summed E-state index contributed by atoms with van der Waals surface area (Å²) < 4.78 is 5.22. The largest absolute Gasteiger partial charge is 0.443 e. The average molecular weight is 222 g/mol. The maximum Gasteiger partial charge on any atom is 0.410 e. The first-order chi connectivity index (χ1) is 6.36. The highest BCUT2D eigenvalue weighted by Crippen LogP contribution is 2.03. The summed E-state index contributed by atoms with van der Waals surface area (Å²) in [6.45, 7) is 4.88. The third-order valence-corrected chi connectivity index (χ3v) is 2.39. The first-order valence-corrected chi connectivity index (χ1v) is 4.73. The first kappa shape index (κ1) is 11.6. The van der Waals surface area contributed by atoms with E-state index in [4.69, 9.17) is 4.74 Å². The summed E-state index contributed by atoms with van der Waals surface area (Å²) >= 11 is 0. The number of carbonyl (C=O) groups is 1. The van der Waals surface area contributed by atoms with E-state index in [1.807, 2.05) is 0 Å². The second-order valence-corrected chi connectivity index (χ2v) is 3.40. The highest BCUT2D eigenvalue weighted by molar-refractivity contribution is 5.85. The molecular formula is C8H16ClN3O2. The topological polar surface area (TPSA) is 53.6 Å². The number of piperazine rings is 1. The zero-order valence-electron chi connectivity index (χ0n) is 7.99. The van der Waals surface area contributed by atoms with Crippen LogP contribution >= 0.6 is 12.4 Å². The van der Waals surface area contributed by atoms with Gasteiger partial charge in [0.25, 0.3) is 0 Å². The lowest BCUT2D eigenvalue weighted by Crippen LogP contribution is -2.53. The number of amides is 1. The van der Waals surface area contributed by atoms with Crippen molar-refractivity contribution in [2.45, 2.75) is 6.10 Å².